The van der Waals surface area contributed by atoms with Crippen LogP contribution in [0.15, 0.2) is 54.7 Å². The molecule has 144 valence electrons. The Morgan fingerprint density at radius 3 is 2.57 bits per heavy atom. The van der Waals surface area contributed by atoms with Gasteiger partial charge in [0.2, 0.25) is 5.91 Å². The van der Waals surface area contributed by atoms with Gasteiger partial charge in [0.05, 0.1) is 17.1 Å². The number of benzene rings is 2. The summed E-state index contributed by atoms with van der Waals surface area (Å²) in [6.45, 7) is 1.39. The van der Waals surface area contributed by atoms with Crippen LogP contribution in [0.1, 0.15) is 34.7 Å². The summed E-state index contributed by atoms with van der Waals surface area (Å²) in [6, 6.07) is 15.1. The number of fused-ring (bicyclic) bond motifs is 1. The third kappa shape index (κ3) is 3.76. The summed E-state index contributed by atoms with van der Waals surface area (Å²) in [5.41, 5.74) is 2.86. The van der Waals surface area contributed by atoms with Gasteiger partial charge in [-0.2, -0.15) is 0 Å². The van der Waals surface area contributed by atoms with Crippen LogP contribution in [0.5, 0.6) is 0 Å². The van der Waals surface area contributed by atoms with E-state index >= 15 is 0 Å². The smallest absolute Gasteiger partial charge is 0.253 e. The topological polar surface area (TPSA) is 65.2 Å². The second-order valence-corrected chi connectivity index (χ2v) is 7.51. The first kappa shape index (κ1) is 18.6. The largest absolute Gasteiger partial charge is 0.361 e. The lowest BCUT2D eigenvalue weighted by Gasteiger charge is -2.32. The maximum absolute atomic E-state index is 12.5. The Bertz CT molecular complexity index is 1010. The fraction of sp³-hybridized carbons (Fsp3) is 0.273. The summed E-state index contributed by atoms with van der Waals surface area (Å²) in [5.74, 6) is 0.0586. The number of hydrogen-bond donors (Lipinski definition) is 2. The Kier molecular flexibility index (Phi) is 5.35. The molecule has 4 rings (SSSR count). The van der Waals surface area contributed by atoms with Crippen molar-refractivity contribution in [2.45, 2.75) is 18.8 Å². The molecule has 2 heterocycles. The SMILES string of the molecule is O=C(NCC(=O)N1CCC(c2c[nH]c3ccccc23)CC1)c1ccccc1Cl. The molecule has 2 aromatic carbocycles. The summed E-state index contributed by atoms with van der Waals surface area (Å²) in [5, 5.41) is 4.32. The highest BCUT2D eigenvalue weighted by molar-refractivity contribution is 6.33. The Balaban J connectivity index is 1.32. The van der Waals surface area contributed by atoms with E-state index in [-0.39, 0.29) is 18.4 Å². The first-order chi connectivity index (χ1) is 13.6. The molecule has 2 N–H and O–H groups in total. The van der Waals surface area contributed by atoms with Crippen LogP contribution in [-0.2, 0) is 4.79 Å². The van der Waals surface area contributed by atoms with E-state index < -0.39 is 0 Å². The van der Waals surface area contributed by atoms with Crippen LogP contribution in [0.4, 0.5) is 0 Å². The first-order valence-electron chi connectivity index (χ1n) is 9.50. The first-order valence-corrected chi connectivity index (χ1v) is 9.88. The number of H-pyrrole nitrogens is 1. The standard InChI is InChI=1S/C22H22ClN3O2/c23-19-7-3-1-6-17(19)22(28)25-14-21(27)26-11-9-15(10-12-26)18-13-24-20-8-4-2-5-16(18)20/h1-8,13,15,24H,9-12,14H2,(H,25,28). The van der Waals surface area contributed by atoms with Crippen LogP contribution < -0.4 is 5.32 Å². The monoisotopic (exact) mass is 395 g/mol. The Labute approximate surface area is 168 Å². The molecule has 0 spiro atoms. The van der Waals surface area contributed by atoms with Gasteiger partial charge in [0.1, 0.15) is 0 Å². The lowest BCUT2D eigenvalue weighted by molar-refractivity contribution is -0.131. The molecule has 1 aromatic heterocycles. The van der Waals surface area contributed by atoms with Crippen molar-refractivity contribution in [3.05, 3.63) is 70.9 Å². The van der Waals surface area contributed by atoms with Crippen LogP contribution in [0.3, 0.4) is 0 Å². The van der Waals surface area contributed by atoms with Gasteiger partial charge in [-0.1, -0.05) is 41.9 Å². The molecule has 1 aliphatic rings. The Hall–Kier alpha value is -2.79. The number of nitrogens with zero attached hydrogens (tertiary/aromatic N) is 1. The zero-order valence-corrected chi connectivity index (χ0v) is 16.2. The predicted octanol–water partition coefficient (Wildman–Crippen LogP) is 3.96. The van der Waals surface area contributed by atoms with E-state index in [1.165, 1.54) is 10.9 Å². The number of halogens is 1. The van der Waals surface area contributed by atoms with Gasteiger partial charge in [-0.3, -0.25) is 9.59 Å². The maximum Gasteiger partial charge on any atom is 0.253 e. The van der Waals surface area contributed by atoms with Crippen molar-refractivity contribution in [3.8, 4) is 0 Å². The van der Waals surface area contributed by atoms with E-state index in [2.05, 4.69) is 34.7 Å². The van der Waals surface area contributed by atoms with Gasteiger partial charge in [0.15, 0.2) is 0 Å². The molecule has 0 unspecified atom stereocenters. The summed E-state index contributed by atoms with van der Waals surface area (Å²) in [6.07, 6.45) is 3.94. The zero-order valence-electron chi connectivity index (χ0n) is 15.5. The number of piperidine rings is 1. The molecule has 1 saturated heterocycles. The van der Waals surface area contributed by atoms with Crippen molar-refractivity contribution in [2.24, 2.45) is 0 Å². The van der Waals surface area contributed by atoms with Gasteiger partial charge >= 0.3 is 0 Å². The van der Waals surface area contributed by atoms with Crippen LogP contribution >= 0.6 is 11.6 Å². The van der Waals surface area contributed by atoms with Crippen molar-refractivity contribution in [2.75, 3.05) is 19.6 Å². The van der Waals surface area contributed by atoms with E-state index in [9.17, 15) is 9.59 Å². The number of nitrogens with one attached hydrogen (secondary N) is 2. The fourth-order valence-electron chi connectivity index (χ4n) is 3.88. The maximum atomic E-state index is 12.5. The number of rotatable bonds is 4. The van der Waals surface area contributed by atoms with Crippen LogP contribution in [0, 0.1) is 0 Å². The minimum absolute atomic E-state index is 0.0121. The molecule has 6 heteroatoms. The van der Waals surface area contributed by atoms with Gasteiger partial charge < -0.3 is 15.2 Å². The highest BCUT2D eigenvalue weighted by Gasteiger charge is 2.25. The predicted molar refractivity (Wildman–Crippen MR) is 111 cm³/mol. The average Bonchev–Trinajstić information content (AvgIpc) is 3.16. The van der Waals surface area contributed by atoms with E-state index in [1.807, 2.05) is 11.0 Å². The molecule has 3 aromatic rings. The minimum atomic E-state index is -0.326. The second kappa shape index (κ2) is 8.07. The minimum Gasteiger partial charge on any atom is -0.361 e. The number of hydrogen-bond acceptors (Lipinski definition) is 2. The fourth-order valence-corrected chi connectivity index (χ4v) is 4.10. The number of aromatic nitrogens is 1. The lowest BCUT2D eigenvalue weighted by Crippen LogP contribution is -2.43. The van der Waals surface area contributed by atoms with Crippen LogP contribution in [0.2, 0.25) is 5.02 Å². The molecular weight excluding hydrogens is 374 g/mol. The van der Waals surface area contributed by atoms with Gasteiger partial charge in [0.25, 0.3) is 5.91 Å². The molecule has 0 bridgehead atoms. The highest BCUT2D eigenvalue weighted by Crippen LogP contribution is 2.33. The highest BCUT2D eigenvalue weighted by atomic mass is 35.5. The van der Waals surface area contributed by atoms with E-state index in [1.54, 1.807) is 24.3 Å². The zero-order chi connectivity index (χ0) is 19.5. The Morgan fingerprint density at radius 1 is 1.07 bits per heavy atom. The molecule has 1 aliphatic heterocycles. The van der Waals surface area contributed by atoms with E-state index in [0.717, 1.165) is 18.4 Å². The van der Waals surface area contributed by atoms with Gasteiger partial charge in [-0.25, -0.2) is 0 Å². The Morgan fingerprint density at radius 2 is 1.79 bits per heavy atom. The number of carbonyl (C=O) groups is 2. The molecule has 0 atom stereocenters. The number of para-hydroxylation sites is 1. The molecule has 5 nitrogen and oxygen atoms in total. The summed E-state index contributed by atoms with van der Waals surface area (Å²) >= 11 is 6.03. The van der Waals surface area contributed by atoms with Gasteiger partial charge in [-0.15, -0.1) is 0 Å². The number of likely N-dealkylation sites (tertiary alicyclic amines) is 1. The molecule has 0 radical (unpaired) electrons. The average molecular weight is 396 g/mol. The van der Waals surface area contributed by atoms with Crippen molar-refractivity contribution in [3.63, 3.8) is 0 Å². The van der Waals surface area contributed by atoms with Crippen LogP contribution in [-0.4, -0.2) is 41.3 Å². The van der Waals surface area contributed by atoms with Crippen molar-refractivity contribution in [1.29, 1.82) is 0 Å². The summed E-state index contributed by atoms with van der Waals surface area (Å²) in [7, 11) is 0. The summed E-state index contributed by atoms with van der Waals surface area (Å²) < 4.78 is 0. The van der Waals surface area contributed by atoms with Gasteiger partial charge in [0, 0.05) is 30.2 Å². The number of amides is 2. The van der Waals surface area contributed by atoms with Crippen molar-refractivity contribution < 1.29 is 9.59 Å². The molecule has 0 aliphatic carbocycles. The van der Waals surface area contributed by atoms with Crippen LogP contribution in [0.25, 0.3) is 10.9 Å². The van der Waals surface area contributed by atoms with Crippen molar-refractivity contribution >= 4 is 34.3 Å². The third-order valence-corrected chi connectivity index (χ3v) is 5.76. The molecule has 0 saturated carbocycles. The molecular formula is C22H22ClN3O2. The van der Waals surface area contributed by atoms with E-state index in [0.29, 0.717) is 29.6 Å². The molecule has 1 fully saturated rings. The summed E-state index contributed by atoms with van der Waals surface area (Å²) in [4.78, 5) is 29.9. The quantitative estimate of drug-likeness (QED) is 0.702. The molecule has 2 amide bonds. The number of aromatic amines is 1. The second-order valence-electron chi connectivity index (χ2n) is 7.11. The van der Waals surface area contributed by atoms with Gasteiger partial charge in [-0.05, 0) is 42.5 Å². The van der Waals surface area contributed by atoms with Crippen molar-refractivity contribution in [1.82, 2.24) is 15.2 Å². The molecule has 28 heavy (non-hydrogen) atoms. The third-order valence-electron chi connectivity index (χ3n) is 5.43. The normalized spacial score (nSPS) is 15.0. The lowest BCUT2D eigenvalue weighted by atomic mass is 9.89. The van der Waals surface area contributed by atoms with E-state index in [4.69, 9.17) is 11.6 Å². The number of carbonyl (C=O) groups excluding carboxylic acids is 2.